The van der Waals surface area contributed by atoms with E-state index in [1.54, 1.807) is 25.6 Å². The molecular formula is C14H17N3O2S. The van der Waals surface area contributed by atoms with Gasteiger partial charge in [-0.25, -0.2) is 0 Å². The Morgan fingerprint density at radius 2 is 2.00 bits per heavy atom. The van der Waals surface area contributed by atoms with E-state index in [4.69, 9.17) is 4.42 Å². The highest BCUT2D eigenvalue weighted by atomic mass is 32.2. The Balaban J connectivity index is 1.99. The molecule has 2 aromatic rings. The molecule has 2 rings (SSSR count). The molecule has 1 amide bonds. The van der Waals surface area contributed by atoms with Crippen LogP contribution in [0.4, 0.5) is 6.01 Å². The van der Waals surface area contributed by atoms with Crippen molar-refractivity contribution in [2.24, 2.45) is 5.92 Å². The molecule has 0 aliphatic heterocycles. The summed E-state index contributed by atoms with van der Waals surface area (Å²) in [6, 6.07) is 8.32. The molecule has 1 heterocycles. The lowest BCUT2D eigenvalue weighted by Gasteiger charge is -2.02. The van der Waals surface area contributed by atoms with Crippen molar-refractivity contribution in [2.45, 2.75) is 25.2 Å². The van der Waals surface area contributed by atoms with Gasteiger partial charge in [0.15, 0.2) is 0 Å². The first kappa shape index (κ1) is 14.6. The van der Waals surface area contributed by atoms with Crippen molar-refractivity contribution in [3.05, 3.63) is 35.7 Å². The number of amides is 1. The molecule has 0 aliphatic carbocycles. The van der Waals surface area contributed by atoms with E-state index in [0.29, 0.717) is 12.3 Å². The number of nitrogens with one attached hydrogen (secondary N) is 1. The molecule has 5 nitrogen and oxygen atoms in total. The van der Waals surface area contributed by atoms with Gasteiger partial charge in [0, 0.05) is 10.8 Å². The minimum Gasteiger partial charge on any atom is -0.407 e. The summed E-state index contributed by atoms with van der Waals surface area (Å²) < 4.78 is 5.41. The van der Waals surface area contributed by atoms with Crippen LogP contribution in [0.5, 0.6) is 0 Å². The first-order valence-electron chi connectivity index (χ1n) is 6.34. The molecule has 0 unspecified atom stereocenters. The Labute approximate surface area is 122 Å². The summed E-state index contributed by atoms with van der Waals surface area (Å²) >= 11 is 1.70. The van der Waals surface area contributed by atoms with E-state index < -0.39 is 0 Å². The smallest absolute Gasteiger partial charge is 0.322 e. The number of hydrogen-bond donors (Lipinski definition) is 1. The lowest BCUT2D eigenvalue weighted by atomic mass is 10.1. The van der Waals surface area contributed by atoms with Gasteiger partial charge in [-0.15, -0.1) is 16.9 Å². The number of rotatable bonds is 5. The zero-order chi connectivity index (χ0) is 14.5. The molecule has 0 radical (unpaired) electrons. The summed E-state index contributed by atoms with van der Waals surface area (Å²) in [6.45, 7) is 3.61. The maximum Gasteiger partial charge on any atom is 0.322 e. The number of aromatic nitrogens is 2. The zero-order valence-electron chi connectivity index (χ0n) is 11.7. The molecular weight excluding hydrogens is 274 g/mol. The topological polar surface area (TPSA) is 68.0 Å². The van der Waals surface area contributed by atoms with Crippen molar-refractivity contribution in [1.82, 2.24) is 10.2 Å². The molecule has 0 fully saturated rings. The van der Waals surface area contributed by atoms with Gasteiger partial charge in [0.25, 0.3) is 0 Å². The third-order valence-electron chi connectivity index (χ3n) is 2.74. The lowest BCUT2D eigenvalue weighted by molar-refractivity contribution is -0.119. The normalized spacial score (nSPS) is 10.8. The number of carbonyl (C=O) groups is 1. The van der Waals surface area contributed by atoms with Crippen LogP contribution in [-0.2, 0) is 11.2 Å². The quantitative estimate of drug-likeness (QED) is 0.858. The first-order chi connectivity index (χ1) is 9.58. The Morgan fingerprint density at radius 1 is 1.30 bits per heavy atom. The van der Waals surface area contributed by atoms with E-state index in [9.17, 15) is 4.79 Å². The summed E-state index contributed by atoms with van der Waals surface area (Å²) in [5, 5.41) is 10.3. The van der Waals surface area contributed by atoms with Crippen molar-refractivity contribution in [2.75, 3.05) is 11.6 Å². The van der Waals surface area contributed by atoms with E-state index >= 15 is 0 Å². The van der Waals surface area contributed by atoms with Crippen LogP contribution in [0.2, 0.25) is 0 Å². The maximum atomic E-state index is 11.5. The van der Waals surface area contributed by atoms with E-state index in [2.05, 4.69) is 27.6 Å². The molecule has 20 heavy (non-hydrogen) atoms. The van der Waals surface area contributed by atoms with Gasteiger partial charge in [-0.2, -0.15) is 0 Å². The van der Waals surface area contributed by atoms with Crippen molar-refractivity contribution < 1.29 is 9.21 Å². The molecule has 106 valence electrons. The largest absolute Gasteiger partial charge is 0.407 e. The van der Waals surface area contributed by atoms with Gasteiger partial charge in [-0.3, -0.25) is 10.1 Å². The molecule has 0 atom stereocenters. The number of hydrogen-bond acceptors (Lipinski definition) is 5. The summed E-state index contributed by atoms with van der Waals surface area (Å²) in [6.07, 6.45) is 2.59. The molecule has 0 saturated heterocycles. The van der Waals surface area contributed by atoms with Crippen LogP contribution in [0.3, 0.4) is 0 Å². The molecule has 1 N–H and O–H groups in total. The second kappa shape index (κ2) is 6.56. The van der Waals surface area contributed by atoms with Crippen LogP contribution < -0.4 is 5.32 Å². The Morgan fingerprint density at radius 3 is 2.60 bits per heavy atom. The molecule has 0 spiro atoms. The molecule has 0 aliphatic rings. The van der Waals surface area contributed by atoms with Crippen molar-refractivity contribution >= 4 is 23.7 Å². The minimum absolute atomic E-state index is 0.121. The highest BCUT2D eigenvalue weighted by Gasteiger charge is 2.12. The minimum atomic E-state index is -0.135. The van der Waals surface area contributed by atoms with Crippen LogP contribution in [0.25, 0.3) is 0 Å². The summed E-state index contributed by atoms with van der Waals surface area (Å²) in [4.78, 5) is 12.7. The summed E-state index contributed by atoms with van der Waals surface area (Å²) in [5.74, 6) is 0.231. The Hall–Kier alpha value is -1.82. The molecule has 0 bridgehead atoms. The van der Waals surface area contributed by atoms with Crippen molar-refractivity contribution in [3.8, 4) is 0 Å². The van der Waals surface area contributed by atoms with Crippen LogP contribution in [0.15, 0.2) is 33.6 Å². The first-order valence-corrected chi connectivity index (χ1v) is 7.57. The third kappa shape index (κ3) is 3.84. The molecule has 6 heteroatoms. The molecule has 0 saturated carbocycles. The monoisotopic (exact) mass is 291 g/mol. The van der Waals surface area contributed by atoms with Gasteiger partial charge in [0.2, 0.25) is 11.8 Å². The number of benzene rings is 1. The van der Waals surface area contributed by atoms with Crippen molar-refractivity contribution in [1.29, 1.82) is 0 Å². The lowest BCUT2D eigenvalue weighted by Crippen LogP contribution is -2.17. The van der Waals surface area contributed by atoms with Gasteiger partial charge in [0.05, 0.1) is 6.42 Å². The molecule has 1 aromatic carbocycles. The Bertz CT molecular complexity index is 578. The van der Waals surface area contributed by atoms with Gasteiger partial charge < -0.3 is 4.42 Å². The fraction of sp³-hybridized carbons (Fsp3) is 0.357. The number of anilines is 1. The van der Waals surface area contributed by atoms with Crippen LogP contribution >= 0.6 is 11.8 Å². The highest BCUT2D eigenvalue weighted by molar-refractivity contribution is 7.98. The zero-order valence-corrected chi connectivity index (χ0v) is 12.5. The third-order valence-corrected chi connectivity index (χ3v) is 3.48. The average molecular weight is 291 g/mol. The van der Waals surface area contributed by atoms with Crippen molar-refractivity contribution in [3.63, 3.8) is 0 Å². The number of thioether (sulfide) groups is 1. The van der Waals surface area contributed by atoms with E-state index in [1.807, 2.05) is 18.4 Å². The van der Waals surface area contributed by atoms with Gasteiger partial charge >= 0.3 is 6.01 Å². The number of carbonyl (C=O) groups excluding carboxylic acids is 1. The van der Waals surface area contributed by atoms with Gasteiger partial charge in [-0.05, 0) is 24.0 Å². The average Bonchev–Trinajstić information content (AvgIpc) is 2.86. The predicted octanol–water partition coefficient (Wildman–Crippen LogP) is 2.98. The van der Waals surface area contributed by atoms with E-state index in [-0.39, 0.29) is 17.8 Å². The highest BCUT2D eigenvalue weighted by Crippen LogP contribution is 2.17. The second-order valence-corrected chi connectivity index (χ2v) is 5.55. The predicted molar refractivity (Wildman–Crippen MR) is 78.8 cm³/mol. The standard InChI is InChI=1S/C14H17N3O2S/c1-9(2)13(18)15-14-17-16-12(19-14)8-10-4-6-11(20-3)7-5-10/h4-7,9H,8H2,1-3H3,(H,15,17,18). The number of nitrogens with zero attached hydrogens (tertiary/aromatic N) is 2. The Kier molecular flexibility index (Phi) is 4.79. The van der Waals surface area contributed by atoms with Crippen LogP contribution in [0, 0.1) is 5.92 Å². The van der Waals surface area contributed by atoms with Crippen LogP contribution in [0.1, 0.15) is 25.3 Å². The molecule has 1 aromatic heterocycles. The maximum absolute atomic E-state index is 11.5. The summed E-state index contributed by atoms with van der Waals surface area (Å²) in [7, 11) is 0. The van der Waals surface area contributed by atoms with E-state index in [1.165, 1.54) is 4.90 Å². The fourth-order valence-corrected chi connectivity index (χ4v) is 1.95. The second-order valence-electron chi connectivity index (χ2n) is 4.67. The van der Waals surface area contributed by atoms with E-state index in [0.717, 1.165) is 5.56 Å². The van der Waals surface area contributed by atoms with Crippen LogP contribution in [-0.4, -0.2) is 22.4 Å². The summed E-state index contributed by atoms with van der Waals surface area (Å²) in [5.41, 5.74) is 1.09. The van der Waals surface area contributed by atoms with Gasteiger partial charge in [0.1, 0.15) is 0 Å². The SMILES string of the molecule is CSc1ccc(Cc2nnc(NC(=O)C(C)C)o2)cc1. The fourth-order valence-electron chi connectivity index (χ4n) is 1.54. The van der Waals surface area contributed by atoms with Gasteiger partial charge in [-0.1, -0.05) is 31.1 Å².